The van der Waals surface area contributed by atoms with Crippen molar-refractivity contribution in [2.75, 3.05) is 0 Å². The number of amides is 1. The fourth-order valence-corrected chi connectivity index (χ4v) is 2.94. The Kier molecular flexibility index (Phi) is 4.28. The summed E-state index contributed by atoms with van der Waals surface area (Å²) in [4.78, 5) is 23.3. The normalized spacial score (nSPS) is 15.5. The summed E-state index contributed by atoms with van der Waals surface area (Å²) >= 11 is 0. The van der Waals surface area contributed by atoms with Crippen LogP contribution in [0.2, 0.25) is 0 Å². The lowest BCUT2D eigenvalue weighted by molar-refractivity contribution is -0.138. The van der Waals surface area contributed by atoms with E-state index >= 15 is 0 Å². The van der Waals surface area contributed by atoms with E-state index in [0.717, 1.165) is 6.42 Å². The highest BCUT2D eigenvalue weighted by Crippen LogP contribution is 2.44. The Hall–Kier alpha value is -2.77. The lowest BCUT2D eigenvalue weighted by Gasteiger charge is -2.40. The van der Waals surface area contributed by atoms with Crippen LogP contribution in [0.3, 0.4) is 0 Å². The highest BCUT2D eigenvalue weighted by molar-refractivity contribution is 5.89. The van der Waals surface area contributed by atoms with Crippen LogP contribution < -0.4 is 5.32 Å². The van der Waals surface area contributed by atoms with Crippen molar-refractivity contribution in [3.63, 3.8) is 0 Å². The first-order valence-corrected chi connectivity index (χ1v) is 7.65. The van der Waals surface area contributed by atoms with E-state index in [1.165, 1.54) is 23.0 Å². The summed E-state index contributed by atoms with van der Waals surface area (Å²) in [7, 11) is 0. The molecule has 126 valence electrons. The Morgan fingerprint density at radius 2 is 2.17 bits per heavy atom. The Morgan fingerprint density at radius 1 is 1.38 bits per heavy atom. The van der Waals surface area contributed by atoms with Gasteiger partial charge in [0.15, 0.2) is 0 Å². The van der Waals surface area contributed by atoms with Crippen molar-refractivity contribution in [1.29, 1.82) is 0 Å². The molecule has 1 fully saturated rings. The van der Waals surface area contributed by atoms with Crippen molar-refractivity contribution < 1.29 is 19.1 Å². The molecular formula is C16H17FN4O3. The molecule has 0 unspecified atom stereocenters. The van der Waals surface area contributed by atoms with Crippen LogP contribution in [-0.2, 0) is 28.1 Å². The van der Waals surface area contributed by atoms with E-state index in [2.05, 4.69) is 15.6 Å². The zero-order valence-corrected chi connectivity index (χ0v) is 12.9. The number of hydrogen-bond acceptors (Lipinski definition) is 4. The summed E-state index contributed by atoms with van der Waals surface area (Å²) in [5, 5.41) is 19.0. The minimum atomic E-state index is -1.02. The fraction of sp³-hybridized carbons (Fsp3) is 0.375. The summed E-state index contributed by atoms with van der Waals surface area (Å²) < 4.78 is 14.7. The molecule has 8 heteroatoms. The quantitative estimate of drug-likeness (QED) is 0.829. The molecule has 24 heavy (non-hydrogen) atoms. The zero-order valence-electron chi connectivity index (χ0n) is 12.9. The zero-order chi connectivity index (χ0) is 17.2. The van der Waals surface area contributed by atoms with Crippen LogP contribution in [0.4, 0.5) is 4.39 Å². The molecule has 3 rings (SSSR count). The second-order valence-electron chi connectivity index (χ2n) is 5.93. The van der Waals surface area contributed by atoms with Gasteiger partial charge in [0, 0.05) is 0 Å². The molecule has 0 radical (unpaired) electrons. The Balaban J connectivity index is 1.67. The SMILES string of the molecule is O=C(O)Cn1cc(CNC(=O)C2(c3cccc(F)c3)CCC2)nn1. The number of carbonyl (C=O) groups excluding carboxylic acids is 1. The van der Waals surface area contributed by atoms with E-state index in [4.69, 9.17) is 5.11 Å². The number of halogens is 1. The number of rotatable bonds is 6. The third-order valence-electron chi connectivity index (χ3n) is 4.33. The third kappa shape index (κ3) is 3.12. The standard InChI is InChI=1S/C16H17FN4O3/c17-12-4-1-3-11(7-12)16(5-2-6-16)15(24)18-8-13-9-21(20-19-13)10-14(22)23/h1,3-4,7,9H,2,5-6,8,10H2,(H,18,24)(H,22,23). The molecule has 0 spiro atoms. The molecule has 1 aromatic carbocycles. The predicted molar refractivity (Wildman–Crippen MR) is 81.4 cm³/mol. The number of benzene rings is 1. The molecule has 0 aliphatic heterocycles. The topological polar surface area (TPSA) is 97.1 Å². The van der Waals surface area contributed by atoms with E-state index in [9.17, 15) is 14.0 Å². The van der Waals surface area contributed by atoms with Crippen LogP contribution >= 0.6 is 0 Å². The van der Waals surface area contributed by atoms with E-state index in [1.54, 1.807) is 12.1 Å². The van der Waals surface area contributed by atoms with Gasteiger partial charge in [0.1, 0.15) is 18.1 Å². The minimum absolute atomic E-state index is 0.148. The van der Waals surface area contributed by atoms with Gasteiger partial charge in [-0.15, -0.1) is 5.10 Å². The Bertz CT molecular complexity index is 770. The van der Waals surface area contributed by atoms with Gasteiger partial charge in [-0.05, 0) is 30.5 Å². The average molecular weight is 332 g/mol. The van der Waals surface area contributed by atoms with Gasteiger partial charge in [-0.25, -0.2) is 9.07 Å². The number of aliphatic carboxylic acids is 1. The van der Waals surface area contributed by atoms with Crippen LogP contribution in [0.1, 0.15) is 30.5 Å². The summed E-state index contributed by atoms with van der Waals surface area (Å²) in [6, 6.07) is 6.14. The van der Waals surface area contributed by atoms with E-state index in [0.29, 0.717) is 24.1 Å². The van der Waals surface area contributed by atoms with Gasteiger partial charge in [0.05, 0.1) is 18.2 Å². The fourth-order valence-electron chi connectivity index (χ4n) is 2.94. The lowest BCUT2D eigenvalue weighted by Crippen LogP contribution is -2.49. The van der Waals surface area contributed by atoms with Crippen molar-refractivity contribution in [2.45, 2.75) is 37.8 Å². The number of hydrogen-bond donors (Lipinski definition) is 2. The molecule has 0 bridgehead atoms. The first-order valence-electron chi connectivity index (χ1n) is 7.65. The van der Waals surface area contributed by atoms with Crippen LogP contribution in [0.25, 0.3) is 0 Å². The summed E-state index contributed by atoms with van der Waals surface area (Å²) in [5.41, 5.74) is 0.457. The average Bonchev–Trinajstić information content (AvgIpc) is 2.91. The molecule has 1 amide bonds. The van der Waals surface area contributed by atoms with Crippen molar-refractivity contribution in [2.24, 2.45) is 0 Å². The summed E-state index contributed by atoms with van der Waals surface area (Å²) in [6.45, 7) is -0.135. The predicted octanol–water partition coefficient (Wildman–Crippen LogP) is 1.24. The van der Waals surface area contributed by atoms with Crippen LogP contribution in [0.5, 0.6) is 0 Å². The molecule has 7 nitrogen and oxygen atoms in total. The van der Waals surface area contributed by atoms with Gasteiger partial charge in [0.2, 0.25) is 5.91 Å². The number of carboxylic acids is 1. The Labute approximate surface area is 137 Å². The van der Waals surface area contributed by atoms with Gasteiger partial charge in [-0.2, -0.15) is 0 Å². The Morgan fingerprint density at radius 3 is 2.79 bits per heavy atom. The highest BCUT2D eigenvalue weighted by atomic mass is 19.1. The molecule has 2 N–H and O–H groups in total. The van der Waals surface area contributed by atoms with Crippen molar-refractivity contribution >= 4 is 11.9 Å². The highest BCUT2D eigenvalue weighted by Gasteiger charge is 2.45. The maximum absolute atomic E-state index is 13.5. The maximum Gasteiger partial charge on any atom is 0.325 e. The second-order valence-corrected chi connectivity index (χ2v) is 5.93. The number of aromatic nitrogens is 3. The molecule has 1 aliphatic carbocycles. The van der Waals surface area contributed by atoms with Gasteiger partial charge in [-0.3, -0.25) is 9.59 Å². The van der Waals surface area contributed by atoms with Gasteiger partial charge in [0.25, 0.3) is 0 Å². The minimum Gasteiger partial charge on any atom is -0.480 e. The first-order chi connectivity index (χ1) is 11.5. The molecule has 0 atom stereocenters. The largest absolute Gasteiger partial charge is 0.480 e. The van der Waals surface area contributed by atoms with E-state index < -0.39 is 11.4 Å². The smallest absolute Gasteiger partial charge is 0.325 e. The monoisotopic (exact) mass is 332 g/mol. The molecule has 0 saturated heterocycles. The van der Waals surface area contributed by atoms with E-state index in [-0.39, 0.29) is 24.8 Å². The number of carbonyl (C=O) groups is 2. The molecular weight excluding hydrogens is 315 g/mol. The molecule has 2 aromatic rings. The summed E-state index contributed by atoms with van der Waals surface area (Å²) in [5.74, 6) is -1.55. The van der Waals surface area contributed by atoms with Crippen molar-refractivity contribution in [1.82, 2.24) is 20.3 Å². The van der Waals surface area contributed by atoms with Crippen LogP contribution in [0, 0.1) is 5.82 Å². The van der Waals surface area contributed by atoms with Gasteiger partial charge < -0.3 is 10.4 Å². The van der Waals surface area contributed by atoms with Crippen LogP contribution in [0.15, 0.2) is 30.5 Å². The molecule has 1 saturated carbocycles. The molecule has 1 aromatic heterocycles. The second kappa shape index (κ2) is 6.38. The number of nitrogens with zero attached hydrogens (tertiary/aromatic N) is 3. The van der Waals surface area contributed by atoms with Crippen molar-refractivity contribution in [3.05, 3.63) is 47.5 Å². The number of nitrogens with one attached hydrogen (secondary N) is 1. The first kappa shape index (κ1) is 16.1. The third-order valence-corrected chi connectivity index (χ3v) is 4.33. The molecule has 1 aliphatic rings. The van der Waals surface area contributed by atoms with E-state index in [1.807, 2.05) is 0 Å². The van der Waals surface area contributed by atoms with Crippen molar-refractivity contribution in [3.8, 4) is 0 Å². The van der Waals surface area contributed by atoms with Crippen LogP contribution in [-0.4, -0.2) is 32.0 Å². The number of carboxylic acid groups (broad SMARTS) is 1. The lowest BCUT2D eigenvalue weighted by atomic mass is 9.64. The summed E-state index contributed by atoms with van der Waals surface area (Å²) in [6.07, 6.45) is 3.74. The van der Waals surface area contributed by atoms with Gasteiger partial charge in [-0.1, -0.05) is 23.8 Å². The van der Waals surface area contributed by atoms with Gasteiger partial charge >= 0.3 is 5.97 Å². The molecule has 1 heterocycles. The maximum atomic E-state index is 13.5.